The lowest BCUT2D eigenvalue weighted by Gasteiger charge is -2.09. The molecule has 0 amide bonds. The molecule has 0 N–H and O–H groups in total. The van der Waals surface area contributed by atoms with E-state index in [0.717, 1.165) is 11.3 Å². The van der Waals surface area contributed by atoms with Crippen molar-refractivity contribution in [1.82, 2.24) is 4.57 Å². The van der Waals surface area contributed by atoms with E-state index in [2.05, 4.69) is 36.7 Å². The summed E-state index contributed by atoms with van der Waals surface area (Å²) < 4.78 is 7.52. The molecule has 0 atom stereocenters. The molecule has 1 aromatic carbocycles. The van der Waals surface area contributed by atoms with E-state index in [4.69, 9.17) is 4.74 Å². The van der Waals surface area contributed by atoms with E-state index in [1.165, 1.54) is 11.4 Å². The van der Waals surface area contributed by atoms with Crippen molar-refractivity contribution in [3.05, 3.63) is 42.1 Å². The molecule has 15 heavy (non-hydrogen) atoms. The first-order chi connectivity index (χ1) is 7.24. The Balaban J connectivity index is 2.58. The molecule has 0 aliphatic carbocycles. The Hall–Kier alpha value is -1.70. The first kappa shape index (κ1) is 9.84. The molecule has 2 aromatic rings. The normalized spacial score (nSPS) is 10.3. The maximum atomic E-state index is 5.35. The second-order valence-corrected chi connectivity index (χ2v) is 3.62. The van der Waals surface area contributed by atoms with Crippen molar-refractivity contribution < 1.29 is 4.74 Å². The van der Waals surface area contributed by atoms with Crippen LogP contribution in [0.15, 0.2) is 36.4 Å². The highest BCUT2D eigenvalue weighted by atomic mass is 16.5. The van der Waals surface area contributed by atoms with E-state index < -0.39 is 0 Å². The summed E-state index contributed by atoms with van der Waals surface area (Å²) in [6.45, 7) is 2.10. The Morgan fingerprint density at radius 2 is 1.80 bits per heavy atom. The number of methoxy groups -OCH3 is 1. The molecule has 0 spiro atoms. The first-order valence-corrected chi connectivity index (χ1v) is 4.99. The number of para-hydroxylation sites is 1. The Morgan fingerprint density at radius 1 is 1.07 bits per heavy atom. The van der Waals surface area contributed by atoms with Gasteiger partial charge in [0.1, 0.15) is 5.75 Å². The zero-order chi connectivity index (χ0) is 10.8. The van der Waals surface area contributed by atoms with Crippen molar-refractivity contribution in [1.29, 1.82) is 0 Å². The average molecular weight is 201 g/mol. The second-order valence-electron chi connectivity index (χ2n) is 3.62. The number of aryl methyl sites for hydroxylation is 1. The minimum absolute atomic E-state index is 0.915. The number of benzene rings is 1. The van der Waals surface area contributed by atoms with Gasteiger partial charge in [0, 0.05) is 18.3 Å². The third-order valence-corrected chi connectivity index (χ3v) is 2.76. The van der Waals surface area contributed by atoms with E-state index >= 15 is 0 Å². The number of aromatic nitrogens is 1. The highest BCUT2D eigenvalue weighted by Gasteiger charge is 2.08. The molecule has 0 aliphatic heterocycles. The molecule has 0 bridgehead atoms. The van der Waals surface area contributed by atoms with Crippen LogP contribution < -0.4 is 4.74 Å². The summed E-state index contributed by atoms with van der Waals surface area (Å²) in [6, 6.07) is 12.3. The van der Waals surface area contributed by atoms with Crippen molar-refractivity contribution in [2.75, 3.05) is 7.11 Å². The van der Waals surface area contributed by atoms with Crippen LogP contribution in [-0.4, -0.2) is 11.7 Å². The van der Waals surface area contributed by atoms with Crippen LogP contribution in [0.2, 0.25) is 0 Å². The van der Waals surface area contributed by atoms with Gasteiger partial charge in [0.2, 0.25) is 0 Å². The quantitative estimate of drug-likeness (QED) is 0.728. The molecule has 2 nitrogen and oxygen atoms in total. The fourth-order valence-corrected chi connectivity index (χ4v) is 1.74. The van der Waals surface area contributed by atoms with Crippen LogP contribution in [0.5, 0.6) is 5.75 Å². The second kappa shape index (κ2) is 3.81. The van der Waals surface area contributed by atoms with E-state index in [0.29, 0.717) is 0 Å². The van der Waals surface area contributed by atoms with Crippen molar-refractivity contribution in [2.45, 2.75) is 6.92 Å². The van der Waals surface area contributed by atoms with Crippen molar-refractivity contribution >= 4 is 0 Å². The molecular formula is C13H15NO. The summed E-state index contributed by atoms with van der Waals surface area (Å²) >= 11 is 0. The molecule has 1 aromatic heterocycles. The molecule has 0 saturated carbocycles. The van der Waals surface area contributed by atoms with Gasteiger partial charge in [-0.25, -0.2) is 0 Å². The van der Waals surface area contributed by atoms with Gasteiger partial charge in [0.05, 0.1) is 12.8 Å². The lowest BCUT2D eigenvalue weighted by atomic mass is 10.1. The van der Waals surface area contributed by atoms with Gasteiger partial charge < -0.3 is 9.30 Å². The van der Waals surface area contributed by atoms with Gasteiger partial charge in [0.15, 0.2) is 0 Å². The van der Waals surface area contributed by atoms with Crippen molar-refractivity contribution in [3.8, 4) is 17.0 Å². The molecule has 1 heterocycles. The summed E-state index contributed by atoms with van der Waals surface area (Å²) in [5, 5.41) is 0. The van der Waals surface area contributed by atoms with Gasteiger partial charge in [-0.1, -0.05) is 12.1 Å². The summed E-state index contributed by atoms with van der Waals surface area (Å²) in [5.41, 5.74) is 3.57. The molecule has 2 rings (SSSR count). The summed E-state index contributed by atoms with van der Waals surface area (Å²) in [6.07, 6.45) is 0. The van der Waals surface area contributed by atoms with Crippen LogP contribution >= 0.6 is 0 Å². The molecule has 0 radical (unpaired) electrons. The number of hydrogen-bond acceptors (Lipinski definition) is 1. The number of hydrogen-bond donors (Lipinski definition) is 0. The SMILES string of the molecule is COc1ccccc1-c1ccc(C)n1C. The van der Waals surface area contributed by atoms with Gasteiger partial charge in [-0.2, -0.15) is 0 Å². The summed E-state index contributed by atoms with van der Waals surface area (Å²) in [7, 11) is 3.77. The third kappa shape index (κ3) is 1.63. The minimum atomic E-state index is 0.915. The van der Waals surface area contributed by atoms with E-state index in [1.807, 2.05) is 18.2 Å². The van der Waals surface area contributed by atoms with Crippen LogP contribution in [0.3, 0.4) is 0 Å². The fraction of sp³-hybridized carbons (Fsp3) is 0.231. The molecular weight excluding hydrogens is 186 g/mol. The van der Waals surface area contributed by atoms with Crippen LogP contribution in [-0.2, 0) is 7.05 Å². The van der Waals surface area contributed by atoms with Gasteiger partial charge in [-0.15, -0.1) is 0 Å². The molecule has 0 fully saturated rings. The summed E-state index contributed by atoms with van der Waals surface area (Å²) in [4.78, 5) is 0. The van der Waals surface area contributed by atoms with E-state index in [-0.39, 0.29) is 0 Å². The molecule has 0 saturated heterocycles. The van der Waals surface area contributed by atoms with Crippen LogP contribution in [0.4, 0.5) is 0 Å². The lowest BCUT2D eigenvalue weighted by Crippen LogP contribution is -1.95. The predicted molar refractivity (Wildman–Crippen MR) is 62.1 cm³/mol. The van der Waals surface area contributed by atoms with Crippen molar-refractivity contribution in [2.24, 2.45) is 7.05 Å². The smallest absolute Gasteiger partial charge is 0.128 e. The van der Waals surface area contributed by atoms with Crippen LogP contribution in [0.1, 0.15) is 5.69 Å². The predicted octanol–water partition coefficient (Wildman–Crippen LogP) is 3.01. The number of ether oxygens (including phenoxy) is 1. The van der Waals surface area contributed by atoms with Gasteiger partial charge in [-0.05, 0) is 31.2 Å². The third-order valence-electron chi connectivity index (χ3n) is 2.76. The van der Waals surface area contributed by atoms with Gasteiger partial charge in [-0.3, -0.25) is 0 Å². The Kier molecular flexibility index (Phi) is 2.50. The van der Waals surface area contributed by atoms with E-state index in [9.17, 15) is 0 Å². The molecule has 2 heteroatoms. The lowest BCUT2D eigenvalue weighted by molar-refractivity contribution is 0.416. The van der Waals surface area contributed by atoms with Crippen LogP contribution in [0, 0.1) is 6.92 Å². The highest BCUT2D eigenvalue weighted by molar-refractivity contribution is 5.68. The Bertz CT molecular complexity index is 471. The maximum absolute atomic E-state index is 5.35. The molecule has 0 aliphatic rings. The van der Waals surface area contributed by atoms with E-state index in [1.54, 1.807) is 7.11 Å². The largest absolute Gasteiger partial charge is 0.496 e. The maximum Gasteiger partial charge on any atom is 0.128 e. The Labute approximate surface area is 90.1 Å². The van der Waals surface area contributed by atoms with Crippen molar-refractivity contribution in [3.63, 3.8) is 0 Å². The summed E-state index contributed by atoms with van der Waals surface area (Å²) in [5.74, 6) is 0.915. The Morgan fingerprint density at radius 3 is 2.40 bits per heavy atom. The molecule has 0 unspecified atom stereocenters. The molecule has 78 valence electrons. The zero-order valence-electron chi connectivity index (χ0n) is 9.32. The number of rotatable bonds is 2. The minimum Gasteiger partial charge on any atom is -0.496 e. The number of nitrogens with zero attached hydrogens (tertiary/aromatic N) is 1. The average Bonchev–Trinajstić information content (AvgIpc) is 2.60. The monoisotopic (exact) mass is 201 g/mol. The van der Waals surface area contributed by atoms with Gasteiger partial charge in [0.25, 0.3) is 0 Å². The highest BCUT2D eigenvalue weighted by Crippen LogP contribution is 2.30. The zero-order valence-corrected chi connectivity index (χ0v) is 9.32. The van der Waals surface area contributed by atoms with Gasteiger partial charge >= 0.3 is 0 Å². The topological polar surface area (TPSA) is 14.2 Å². The first-order valence-electron chi connectivity index (χ1n) is 4.99. The fourth-order valence-electron chi connectivity index (χ4n) is 1.74. The standard InChI is InChI=1S/C13H15NO/c1-10-8-9-12(14(10)2)11-6-4-5-7-13(11)15-3/h4-9H,1-3H3. The van der Waals surface area contributed by atoms with Crippen LogP contribution in [0.25, 0.3) is 11.3 Å².